The van der Waals surface area contributed by atoms with Crippen molar-refractivity contribution in [1.29, 1.82) is 0 Å². The van der Waals surface area contributed by atoms with Gasteiger partial charge in [-0.3, -0.25) is 9.59 Å². The van der Waals surface area contributed by atoms with Gasteiger partial charge in [0.05, 0.1) is 17.8 Å². The number of benzene rings is 2. The number of nitrogens with one attached hydrogen (secondary N) is 1. The van der Waals surface area contributed by atoms with Crippen molar-refractivity contribution < 1.29 is 14.0 Å². The van der Waals surface area contributed by atoms with E-state index in [0.29, 0.717) is 11.5 Å². The first-order valence-corrected chi connectivity index (χ1v) is 9.56. The number of hydrogen-bond acceptors (Lipinski definition) is 5. The van der Waals surface area contributed by atoms with Gasteiger partial charge in [0.15, 0.2) is 0 Å². The first-order valence-electron chi connectivity index (χ1n) is 8.58. The van der Waals surface area contributed by atoms with Crippen molar-refractivity contribution in [1.82, 2.24) is 14.9 Å². The number of carbonyl (C=O) groups is 2. The van der Waals surface area contributed by atoms with E-state index in [4.69, 9.17) is 0 Å². The highest BCUT2D eigenvalue weighted by Gasteiger charge is 2.15. The molecule has 0 aliphatic carbocycles. The second-order valence-corrected chi connectivity index (χ2v) is 7.15. The third-order valence-electron chi connectivity index (χ3n) is 3.95. The molecule has 0 saturated carbocycles. The van der Waals surface area contributed by atoms with Crippen molar-refractivity contribution in [2.75, 3.05) is 24.7 Å². The van der Waals surface area contributed by atoms with Gasteiger partial charge in [-0.05, 0) is 37.3 Å². The van der Waals surface area contributed by atoms with Crippen molar-refractivity contribution in [3.05, 3.63) is 60.2 Å². The number of thioether (sulfide) groups is 1. The number of para-hydroxylation sites is 1. The lowest BCUT2D eigenvalue weighted by molar-refractivity contribution is -0.131. The van der Waals surface area contributed by atoms with Crippen LogP contribution in [0.3, 0.4) is 0 Å². The molecule has 144 valence electrons. The number of aryl methyl sites for hydroxylation is 1. The predicted molar refractivity (Wildman–Crippen MR) is 108 cm³/mol. The molecule has 0 aliphatic heterocycles. The average molecular weight is 398 g/mol. The Morgan fingerprint density at radius 1 is 1.11 bits per heavy atom. The molecule has 1 heterocycles. The molecule has 1 aromatic heterocycles. The van der Waals surface area contributed by atoms with E-state index < -0.39 is 0 Å². The summed E-state index contributed by atoms with van der Waals surface area (Å²) in [6.07, 6.45) is 0. The molecule has 0 radical (unpaired) electrons. The van der Waals surface area contributed by atoms with Gasteiger partial charge in [-0.25, -0.2) is 14.4 Å². The lowest BCUT2D eigenvalue weighted by Crippen LogP contribution is -2.35. The minimum Gasteiger partial charge on any atom is -0.336 e. The Morgan fingerprint density at radius 2 is 1.82 bits per heavy atom. The zero-order valence-corrected chi connectivity index (χ0v) is 16.3. The summed E-state index contributed by atoms with van der Waals surface area (Å²) in [4.78, 5) is 34.6. The maximum absolute atomic E-state index is 12.9. The molecule has 28 heavy (non-hydrogen) atoms. The van der Waals surface area contributed by atoms with Crippen molar-refractivity contribution in [3.63, 3.8) is 0 Å². The first kappa shape index (κ1) is 19.8. The molecule has 0 aliphatic rings. The minimum absolute atomic E-state index is 0.0969. The van der Waals surface area contributed by atoms with E-state index in [0.717, 1.165) is 15.9 Å². The topological polar surface area (TPSA) is 75.2 Å². The molecule has 2 aromatic carbocycles. The fourth-order valence-electron chi connectivity index (χ4n) is 2.55. The molecule has 0 spiro atoms. The molecule has 3 aromatic rings. The Bertz CT molecular complexity index is 1010. The summed E-state index contributed by atoms with van der Waals surface area (Å²) in [6.45, 7) is 1.71. The molecular weight excluding hydrogens is 379 g/mol. The standard InChI is InChI=1S/C20H19FN4O2S/c1-13-22-17-6-4-3-5-16(17)20(23-13)28-12-19(27)25(2)11-18(26)24-15-9-7-14(21)8-10-15/h3-10H,11-12H2,1-2H3,(H,24,26). The van der Waals surface area contributed by atoms with Crippen LogP contribution in [0.2, 0.25) is 0 Å². The summed E-state index contributed by atoms with van der Waals surface area (Å²) in [5, 5.41) is 4.26. The summed E-state index contributed by atoms with van der Waals surface area (Å²) < 4.78 is 12.9. The molecule has 3 rings (SSSR count). The molecule has 0 saturated heterocycles. The van der Waals surface area contributed by atoms with Crippen LogP contribution < -0.4 is 5.32 Å². The maximum atomic E-state index is 12.9. The molecule has 6 nitrogen and oxygen atoms in total. The van der Waals surface area contributed by atoms with E-state index in [-0.39, 0.29) is 29.9 Å². The predicted octanol–water partition coefficient (Wildman–Crippen LogP) is 3.27. The summed E-state index contributed by atoms with van der Waals surface area (Å²) in [5.41, 5.74) is 1.31. The van der Waals surface area contributed by atoms with Gasteiger partial charge in [0.2, 0.25) is 11.8 Å². The van der Waals surface area contributed by atoms with E-state index in [9.17, 15) is 14.0 Å². The molecule has 0 bridgehead atoms. The number of anilines is 1. The fourth-order valence-corrected chi connectivity index (χ4v) is 3.55. The second-order valence-electron chi connectivity index (χ2n) is 6.19. The minimum atomic E-state index is -0.380. The summed E-state index contributed by atoms with van der Waals surface area (Å²) in [7, 11) is 1.57. The first-order chi connectivity index (χ1) is 13.4. The van der Waals surface area contributed by atoms with Crippen LogP contribution in [-0.2, 0) is 9.59 Å². The number of fused-ring (bicyclic) bond motifs is 1. The van der Waals surface area contributed by atoms with Gasteiger partial charge in [0, 0.05) is 18.1 Å². The number of rotatable bonds is 6. The zero-order chi connectivity index (χ0) is 20.1. The number of amides is 2. The Hall–Kier alpha value is -3.00. The number of aromatic nitrogens is 2. The average Bonchev–Trinajstić information content (AvgIpc) is 2.67. The number of halogens is 1. The number of nitrogens with zero attached hydrogens (tertiary/aromatic N) is 3. The lowest BCUT2D eigenvalue weighted by atomic mass is 10.2. The number of hydrogen-bond donors (Lipinski definition) is 1. The van der Waals surface area contributed by atoms with E-state index in [1.165, 1.54) is 40.9 Å². The number of likely N-dealkylation sites (N-methyl/N-ethyl adjacent to an activating group) is 1. The zero-order valence-electron chi connectivity index (χ0n) is 15.5. The summed E-state index contributed by atoms with van der Waals surface area (Å²) >= 11 is 1.32. The molecule has 8 heteroatoms. The highest BCUT2D eigenvalue weighted by molar-refractivity contribution is 8.00. The Kier molecular flexibility index (Phi) is 6.20. The van der Waals surface area contributed by atoms with Crippen molar-refractivity contribution in [3.8, 4) is 0 Å². The van der Waals surface area contributed by atoms with Crippen LogP contribution in [0.1, 0.15) is 5.82 Å². The molecule has 2 amide bonds. The van der Waals surface area contributed by atoms with E-state index in [1.54, 1.807) is 7.05 Å². The quantitative estimate of drug-likeness (QED) is 0.510. The molecule has 0 atom stereocenters. The van der Waals surface area contributed by atoms with Crippen LogP contribution in [0.15, 0.2) is 53.6 Å². The normalized spacial score (nSPS) is 10.7. The van der Waals surface area contributed by atoms with Crippen LogP contribution in [0.5, 0.6) is 0 Å². The SMILES string of the molecule is Cc1nc(SCC(=O)N(C)CC(=O)Nc2ccc(F)cc2)c2ccccc2n1. The van der Waals surface area contributed by atoms with Crippen molar-refractivity contribution in [2.45, 2.75) is 11.9 Å². The van der Waals surface area contributed by atoms with Crippen LogP contribution in [-0.4, -0.2) is 46.0 Å². The highest BCUT2D eigenvalue weighted by Crippen LogP contribution is 2.25. The van der Waals surface area contributed by atoms with Crippen LogP contribution in [0, 0.1) is 12.7 Å². The summed E-state index contributed by atoms with van der Waals surface area (Å²) in [5.74, 6) is -0.133. The van der Waals surface area contributed by atoms with Gasteiger partial charge in [0.1, 0.15) is 16.7 Å². The molecular formula is C20H19FN4O2S. The van der Waals surface area contributed by atoms with Crippen molar-refractivity contribution in [2.24, 2.45) is 0 Å². The maximum Gasteiger partial charge on any atom is 0.243 e. The van der Waals surface area contributed by atoms with Gasteiger partial charge >= 0.3 is 0 Å². The van der Waals surface area contributed by atoms with Gasteiger partial charge in [-0.1, -0.05) is 30.0 Å². The monoisotopic (exact) mass is 398 g/mol. The second kappa shape index (κ2) is 8.79. The van der Waals surface area contributed by atoms with Gasteiger partial charge in [0.25, 0.3) is 0 Å². The third-order valence-corrected chi connectivity index (χ3v) is 4.92. The van der Waals surface area contributed by atoms with Crippen LogP contribution in [0.4, 0.5) is 10.1 Å². The molecule has 0 unspecified atom stereocenters. The van der Waals surface area contributed by atoms with E-state index in [2.05, 4.69) is 15.3 Å². The Morgan fingerprint density at radius 3 is 2.57 bits per heavy atom. The van der Waals surface area contributed by atoms with Gasteiger partial charge in [-0.15, -0.1) is 0 Å². The van der Waals surface area contributed by atoms with Crippen LogP contribution >= 0.6 is 11.8 Å². The van der Waals surface area contributed by atoms with E-state index in [1.807, 2.05) is 31.2 Å². The smallest absolute Gasteiger partial charge is 0.243 e. The third kappa shape index (κ3) is 5.04. The summed E-state index contributed by atoms with van der Waals surface area (Å²) in [6, 6.07) is 13.1. The van der Waals surface area contributed by atoms with E-state index >= 15 is 0 Å². The highest BCUT2D eigenvalue weighted by atomic mass is 32.2. The number of carbonyl (C=O) groups excluding carboxylic acids is 2. The van der Waals surface area contributed by atoms with Crippen LogP contribution in [0.25, 0.3) is 10.9 Å². The Labute approximate surface area is 166 Å². The molecule has 1 N–H and O–H groups in total. The largest absolute Gasteiger partial charge is 0.336 e. The van der Waals surface area contributed by atoms with Gasteiger partial charge < -0.3 is 10.2 Å². The van der Waals surface area contributed by atoms with Crippen molar-refractivity contribution >= 4 is 40.2 Å². The Balaban J connectivity index is 1.57. The molecule has 0 fully saturated rings. The fraction of sp³-hybridized carbons (Fsp3) is 0.200. The van der Waals surface area contributed by atoms with Gasteiger partial charge in [-0.2, -0.15) is 0 Å². The lowest BCUT2D eigenvalue weighted by Gasteiger charge is -2.17.